The molecule has 0 spiro atoms. The van der Waals surface area contributed by atoms with Crippen LogP contribution in [0.1, 0.15) is 24.8 Å². The molecular weight excluding hydrogens is 208 g/mol. The maximum atomic E-state index is 13.9. The quantitative estimate of drug-likeness (QED) is 0.834. The molecule has 2 rings (SSSR count). The summed E-state index contributed by atoms with van der Waals surface area (Å²) >= 11 is 0. The summed E-state index contributed by atoms with van der Waals surface area (Å²) in [6.45, 7) is 0.911. The Bertz CT molecular complexity index is 317. The summed E-state index contributed by atoms with van der Waals surface area (Å²) in [4.78, 5) is 0. The smallest absolute Gasteiger partial charge is 0.123 e. The van der Waals surface area contributed by atoms with Crippen LogP contribution in [0.25, 0.3) is 0 Å². The van der Waals surface area contributed by atoms with Crippen molar-refractivity contribution in [2.24, 2.45) is 0 Å². The zero-order chi connectivity index (χ0) is 11.4. The number of alkyl halides is 1. The molecule has 1 aromatic carbocycles. The second-order valence-corrected chi connectivity index (χ2v) is 4.40. The summed E-state index contributed by atoms with van der Waals surface area (Å²) in [5, 5.41) is 3.20. The van der Waals surface area contributed by atoms with Crippen LogP contribution in [0.2, 0.25) is 0 Å². The summed E-state index contributed by atoms with van der Waals surface area (Å²) in [5.74, 6) is -0.269. The second kappa shape index (κ2) is 5.39. The number of hydrogen-bond donors (Lipinski definition) is 1. The van der Waals surface area contributed by atoms with Gasteiger partial charge in [-0.2, -0.15) is 0 Å². The fourth-order valence-electron chi connectivity index (χ4n) is 2.18. The average Bonchev–Trinajstić information content (AvgIpc) is 2.33. The van der Waals surface area contributed by atoms with E-state index in [4.69, 9.17) is 0 Å². The van der Waals surface area contributed by atoms with E-state index in [2.05, 4.69) is 5.32 Å². The minimum Gasteiger partial charge on any atom is -0.311 e. The highest BCUT2D eigenvalue weighted by Gasteiger charge is 2.22. The lowest BCUT2D eigenvalue weighted by atomic mass is 9.96. The first-order valence-corrected chi connectivity index (χ1v) is 5.87. The third kappa shape index (κ3) is 3.01. The Balaban J connectivity index is 1.90. The summed E-state index contributed by atoms with van der Waals surface area (Å²) in [5.41, 5.74) is 0.862. The van der Waals surface area contributed by atoms with Gasteiger partial charge < -0.3 is 5.32 Å². The van der Waals surface area contributed by atoms with E-state index in [1.165, 1.54) is 12.1 Å². The summed E-state index contributed by atoms with van der Waals surface area (Å²) < 4.78 is 26.6. The Hall–Kier alpha value is -0.960. The molecule has 0 bridgehead atoms. The lowest BCUT2D eigenvalue weighted by Crippen LogP contribution is -2.42. The van der Waals surface area contributed by atoms with Crippen LogP contribution in [-0.2, 0) is 6.42 Å². The van der Waals surface area contributed by atoms with Crippen LogP contribution < -0.4 is 5.32 Å². The highest BCUT2D eigenvalue weighted by molar-refractivity contribution is 5.17. The lowest BCUT2D eigenvalue weighted by Gasteiger charge is -2.26. The number of nitrogens with one attached hydrogen (secondary N) is 1. The fraction of sp³-hybridized carbons (Fsp3) is 0.538. The first-order valence-electron chi connectivity index (χ1n) is 5.87. The lowest BCUT2D eigenvalue weighted by molar-refractivity contribution is 0.217. The molecule has 2 atom stereocenters. The van der Waals surface area contributed by atoms with E-state index in [1.54, 1.807) is 12.1 Å². The van der Waals surface area contributed by atoms with Gasteiger partial charge in [-0.1, -0.05) is 18.6 Å². The average molecular weight is 225 g/mol. The van der Waals surface area contributed by atoms with E-state index in [1.807, 2.05) is 0 Å². The largest absolute Gasteiger partial charge is 0.311 e. The normalized spacial score (nSPS) is 23.0. The van der Waals surface area contributed by atoms with Crippen molar-refractivity contribution in [2.75, 3.05) is 6.54 Å². The molecule has 1 aliphatic rings. The fourth-order valence-corrected chi connectivity index (χ4v) is 2.18. The minimum atomic E-state index is -0.870. The molecule has 0 saturated carbocycles. The molecule has 1 saturated heterocycles. The number of hydrogen-bond acceptors (Lipinski definition) is 1. The van der Waals surface area contributed by atoms with Gasteiger partial charge in [0.1, 0.15) is 12.0 Å². The van der Waals surface area contributed by atoms with E-state index >= 15 is 0 Å². The van der Waals surface area contributed by atoms with Crippen LogP contribution in [0.4, 0.5) is 8.78 Å². The van der Waals surface area contributed by atoms with Gasteiger partial charge in [-0.05, 0) is 37.1 Å². The van der Waals surface area contributed by atoms with Crippen molar-refractivity contribution in [1.29, 1.82) is 0 Å². The van der Waals surface area contributed by atoms with E-state index in [9.17, 15) is 8.78 Å². The van der Waals surface area contributed by atoms with Crippen molar-refractivity contribution < 1.29 is 8.78 Å². The highest BCUT2D eigenvalue weighted by Crippen LogP contribution is 2.17. The minimum absolute atomic E-state index is 0.0289. The molecule has 0 aromatic heterocycles. The van der Waals surface area contributed by atoms with Crippen molar-refractivity contribution in [2.45, 2.75) is 37.9 Å². The van der Waals surface area contributed by atoms with Gasteiger partial charge in [0.2, 0.25) is 0 Å². The van der Waals surface area contributed by atoms with Gasteiger partial charge in [0.05, 0.1) is 0 Å². The van der Waals surface area contributed by atoms with Gasteiger partial charge in [0, 0.05) is 12.5 Å². The topological polar surface area (TPSA) is 12.0 Å². The molecular formula is C13H17F2N. The van der Waals surface area contributed by atoms with Crippen molar-refractivity contribution in [3.63, 3.8) is 0 Å². The van der Waals surface area contributed by atoms with Gasteiger partial charge in [-0.15, -0.1) is 0 Å². The summed E-state index contributed by atoms with van der Waals surface area (Å²) in [6, 6.07) is 6.06. The summed E-state index contributed by atoms with van der Waals surface area (Å²) in [7, 11) is 0. The Morgan fingerprint density at radius 2 is 2.00 bits per heavy atom. The zero-order valence-electron chi connectivity index (χ0n) is 9.26. The van der Waals surface area contributed by atoms with Crippen LogP contribution in [0.5, 0.6) is 0 Å². The number of benzene rings is 1. The molecule has 3 heteroatoms. The van der Waals surface area contributed by atoms with Crippen molar-refractivity contribution in [3.8, 4) is 0 Å². The molecule has 16 heavy (non-hydrogen) atoms. The van der Waals surface area contributed by atoms with Gasteiger partial charge in [0.25, 0.3) is 0 Å². The van der Waals surface area contributed by atoms with Crippen LogP contribution in [-0.4, -0.2) is 18.8 Å². The highest BCUT2D eigenvalue weighted by atomic mass is 19.1. The summed E-state index contributed by atoms with van der Waals surface area (Å²) in [6.07, 6.45) is 2.65. The van der Waals surface area contributed by atoms with E-state index in [0.717, 1.165) is 31.4 Å². The van der Waals surface area contributed by atoms with Crippen molar-refractivity contribution in [3.05, 3.63) is 35.6 Å². The van der Waals surface area contributed by atoms with Crippen LogP contribution in [0.3, 0.4) is 0 Å². The van der Waals surface area contributed by atoms with Crippen LogP contribution >= 0.6 is 0 Å². The van der Waals surface area contributed by atoms with Gasteiger partial charge >= 0.3 is 0 Å². The first-order chi connectivity index (χ1) is 7.75. The van der Waals surface area contributed by atoms with Gasteiger partial charge in [-0.25, -0.2) is 8.78 Å². The Kier molecular flexibility index (Phi) is 3.88. The van der Waals surface area contributed by atoms with Gasteiger partial charge in [0.15, 0.2) is 0 Å². The third-order valence-electron chi connectivity index (χ3n) is 3.13. The maximum absolute atomic E-state index is 13.9. The van der Waals surface area contributed by atoms with E-state index < -0.39 is 6.17 Å². The van der Waals surface area contributed by atoms with Crippen molar-refractivity contribution in [1.82, 2.24) is 5.32 Å². The van der Waals surface area contributed by atoms with E-state index in [-0.39, 0.29) is 11.9 Å². The zero-order valence-corrected chi connectivity index (χ0v) is 9.26. The number of halogens is 2. The van der Waals surface area contributed by atoms with E-state index in [0.29, 0.717) is 6.42 Å². The SMILES string of the molecule is Fc1ccc(CC(F)C2CCCCN2)cc1. The van der Waals surface area contributed by atoms with Crippen LogP contribution in [0.15, 0.2) is 24.3 Å². The van der Waals surface area contributed by atoms with Crippen LogP contribution in [0, 0.1) is 5.82 Å². The molecule has 1 heterocycles. The predicted molar refractivity (Wildman–Crippen MR) is 60.6 cm³/mol. The molecule has 1 aromatic rings. The number of piperidine rings is 1. The Morgan fingerprint density at radius 3 is 2.62 bits per heavy atom. The molecule has 1 fully saturated rings. The Morgan fingerprint density at radius 1 is 1.25 bits per heavy atom. The molecule has 1 aliphatic heterocycles. The molecule has 2 unspecified atom stereocenters. The molecule has 1 N–H and O–H groups in total. The van der Waals surface area contributed by atoms with Gasteiger partial charge in [-0.3, -0.25) is 0 Å². The number of rotatable bonds is 3. The molecule has 0 aliphatic carbocycles. The monoisotopic (exact) mass is 225 g/mol. The first kappa shape index (κ1) is 11.5. The second-order valence-electron chi connectivity index (χ2n) is 4.40. The Labute approximate surface area is 94.9 Å². The molecule has 1 nitrogen and oxygen atoms in total. The predicted octanol–water partition coefficient (Wildman–Crippen LogP) is 2.85. The molecule has 0 amide bonds. The van der Waals surface area contributed by atoms with Crippen molar-refractivity contribution >= 4 is 0 Å². The third-order valence-corrected chi connectivity index (χ3v) is 3.13. The standard InChI is InChI=1S/C13H17F2N/c14-11-6-4-10(5-7-11)9-12(15)13-3-1-2-8-16-13/h4-7,12-13,16H,1-3,8-9H2. The maximum Gasteiger partial charge on any atom is 0.123 e. The molecule has 88 valence electrons. The molecule has 0 radical (unpaired) electrons.